The van der Waals surface area contributed by atoms with Crippen LogP contribution in [0.1, 0.15) is 25.3 Å². The first-order valence-corrected chi connectivity index (χ1v) is 9.37. The van der Waals surface area contributed by atoms with Gasteiger partial charge in [-0.05, 0) is 30.5 Å². The second-order valence-electron chi connectivity index (χ2n) is 7.02. The van der Waals surface area contributed by atoms with Crippen molar-refractivity contribution in [1.82, 2.24) is 4.90 Å². The summed E-state index contributed by atoms with van der Waals surface area (Å²) in [4.78, 5) is 26.9. The van der Waals surface area contributed by atoms with Gasteiger partial charge in [0.1, 0.15) is 5.75 Å². The molecular formula is C21H25N3O4. The van der Waals surface area contributed by atoms with Crippen LogP contribution in [0.2, 0.25) is 0 Å². The van der Waals surface area contributed by atoms with Gasteiger partial charge in [0.25, 0.3) is 5.69 Å². The number of methoxy groups -OCH3 is 1. The fourth-order valence-corrected chi connectivity index (χ4v) is 3.73. The Bertz CT molecular complexity index is 830. The Morgan fingerprint density at radius 1 is 1.21 bits per heavy atom. The number of non-ortho nitro benzene ring substituents is 1. The van der Waals surface area contributed by atoms with Gasteiger partial charge in [0.15, 0.2) is 0 Å². The maximum Gasteiger partial charge on any atom is 0.269 e. The molecule has 0 spiro atoms. The van der Waals surface area contributed by atoms with Gasteiger partial charge in [0.05, 0.1) is 12.0 Å². The number of amides is 1. The molecule has 1 fully saturated rings. The van der Waals surface area contributed by atoms with Crippen molar-refractivity contribution in [1.29, 1.82) is 0 Å². The van der Waals surface area contributed by atoms with Crippen molar-refractivity contribution in [3.05, 3.63) is 64.2 Å². The van der Waals surface area contributed by atoms with Crippen LogP contribution in [-0.4, -0.2) is 42.0 Å². The summed E-state index contributed by atoms with van der Waals surface area (Å²) in [6, 6.07) is 14.5. The van der Waals surface area contributed by atoms with Crippen LogP contribution in [0.4, 0.5) is 11.4 Å². The zero-order chi connectivity index (χ0) is 20.1. The van der Waals surface area contributed by atoms with E-state index in [0.717, 1.165) is 49.5 Å². The highest BCUT2D eigenvalue weighted by molar-refractivity contribution is 5.92. The summed E-state index contributed by atoms with van der Waals surface area (Å²) in [5.41, 5.74) is 2.03. The topological polar surface area (TPSA) is 75.9 Å². The second-order valence-corrected chi connectivity index (χ2v) is 7.02. The second kappa shape index (κ2) is 8.84. The average molecular weight is 383 g/mol. The van der Waals surface area contributed by atoms with Crippen LogP contribution in [0.5, 0.6) is 5.75 Å². The number of benzene rings is 2. The lowest BCUT2D eigenvalue weighted by molar-refractivity contribution is -0.384. The Morgan fingerprint density at radius 2 is 1.89 bits per heavy atom. The van der Waals surface area contributed by atoms with E-state index in [1.807, 2.05) is 41.3 Å². The number of rotatable bonds is 6. The van der Waals surface area contributed by atoms with E-state index in [1.54, 1.807) is 26.2 Å². The number of anilines is 1. The minimum absolute atomic E-state index is 0.0297. The van der Waals surface area contributed by atoms with Crippen LogP contribution >= 0.6 is 0 Å². The summed E-state index contributed by atoms with van der Waals surface area (Å²) in [5, 5.41) is 10.8. The number of carbonyl (C=O) groups excluding carboxylic acids is 1. The lowest BCUT2D eigenvalue weighted by Crippen LogP contribution is -2.46. The molecule has 0 N–H and O–H groups in total. The molecule has 0 aromatic heterocycles. The molecule has 7 heteroatoms. The van der Waals surface area contributed by atoms with Gasteiger partial charge >= 0.3 is 0 Å². The van der Waals surface area contributed by atoms with E-state index >= 15 is 0 Å². The molecule has 1 aliphatic heterocycles. The minimum atomic E-state index is -0.385. The van der Waals surface area contributed by atoms with Crippen molar-refractivity contribution in [2.24, 2.45) is 0 Å². The Hall–Kier alpha value is -2.93. The summed E-state index contributed by atoms with van der Waals surface area (Å²) in [6.07, 6.45) is 1.76. The number of hydrogen-bond donors (Lipinski definition) is 0. The number of nitrogens with zero attached hydrogens (tertiary/aromatic N) is 3. The van der Waals surface area contributed by atoms with E-state index in [9.17, 15) is 14.9 Å². The van der Waals surface area contributed by atoms with Gasteiger partial charge in [-0.2, -0.15) is 0 Å². The molecule has 1 saturated heterocycles. The monoisotopic (exact) mass is 383 g/mol. The number of carbonyl (C=O) groups is 1. The van der Waals surface area contributed by atoms with E-state index in [-0.39, 0.29) is 22.6 Å². The maximum atomic E-state index is 12.3. The van der Waals surface area contributed by atoms with Crippen molar-refractivity contribution in [2.45, 2.75) is 32.4 Å². The zero-order valence-electron chi connectivity index (χ0n) is 16.2. The van der Waals surface area contributed by atoms with Gasteiger partial charge in [-0.25, -0.2) is 0 Å². The van der Waals surface area contributed by atoms with Crippen molar-refractivity contribution in [3.63, 3.8) is 0 Å². The lowest BCUT2D eigenvalue weighted by atomic mass is 10.0. The van der Waals surface area contributed by atoms with Crippen LogP contribution < -0.4 is 9.64 Å². The van der Waals surface area contributed by atoms with Crippen molar-refractivity contribution >= 4 is 17.3 Å². The van der Waals surface area contributed by atoms with Crippen LogP contribution in [0.15, 0.2) is 48.5 Å². The van der Waals surface area contributed by atoms with Gasteiger partial charge < -0.3 is 9.64 Å². The van der Waals surface area contributed by atoms with Crippen molar-refractivity contribution < 1.29 is 14.5 Å². The fourth-order valence-electron chi connectivity index (χ4n) is 3.73. The molecule has 0 aliphatic carbocycles. The third kappa shape index (κ3) is 4.67. The number of nitro benzene ring substituents is 1. The van der Waals surface area contributed by atoms with Crippen molar-refractivity contribution in [2.75, 3.05) is 25.1 Å². The molecule has 0 radical (unpaired) electrons. The first kappa shape index (κ1) is 19.8. The summed E-state index contributed by atoms with van der Waals surface area (Å²) in [6.45, 7) is 4.09. The lowest BCUT2D eigenvalue weighted by Gasteiger charge is -2.38. The van der Waals surface area contributed by atoms with Gasteiger partial charge in [-0.1, -0.05) is 18.2 Å². The average Bonchev–Trinajstić information content (AvgIpc) is 2.70. The Morgan fingerprint density at radius 3 is 2.46 bits per heavy atom. The molecule has 2 aromatic rings. The predicted octanol–water partition coefficient (Wildman–Crippen LogP) is 3.62. The molecule has 0 unspecified atom stereocenters. The number of nitro groups is 1. The molecule has 148 valence electrons. The van der Waals surface area contributed by atoms with Crippen LogP contribution in [0, 0.1) is 10.1 Å². The SMILES string of the molecule is COc1cccc(N(C(C)=O)C2CCN(Cc3ccc([N+](=O)[O-])cc3)CC2)c1. The first-order valence-electron chi connectivity index (χ1n) is 9.37. The quantitative estimate of drug-likeness (QED) is 0.562. The molecular weight excluding hydrogens is 358 g/mol. The molecule has 2 aromatic carbocycles. The summed E-state index contributed by atoms with van der Waals surface area (Å²) in [7, 11) is 1.62. The van der Waals surface area contributed by atoms with E-state index in [1.165, 1.54) is 0 Å². The summed E-state index contributed by atoms with van der Waals surface area (Å²) < 4.78 is 5.29. The molecule has 1 aliphatic rings. The number of ether oxygens (including phenoxy) is 1. The van der Waals surface area contributed by atoms with E-state index in [0.29, 0.717) is 0 Å². The maximum absolute atomic E-state index is 12.3. The van der Waals surface area contributed by atoms with E-state index < -0.39 is 0 Å². The van der Waals surface area contributed by atoms with Gasteiger partial charge in [0, 0.05) is 56.5 Å². The predicted molar refractivity (Wildman–Crippen MR) is 108 cm³/mol. The van der Waals surface area contributed by atoms with Crippen LogP contribution in [-0.2, 0) is 11.3 Å². The van der Waals surface area contributed by atoms with Crippen LogP contribution in [0.25, 0.3) is 0 Å². The molecule has 28 heavy (non-hydrogen) atoms. The number of piperidine rings is 1. The number of hydrogen-bond acceptors (Lipinski definition) is 5. The molecule has 0 saturated carbocycles. The summed E-state index contributed by atoms with van der Waals surface area (Å²) >= 11 is 0. The number of likely N-dealkylation sites (tertiary alicyclic amines) is 1. The smallest absolute Gasteiger partial charge is 0.269 e. The third-order valence-electron chi connectivity index (χ3n) is 5.15. The van der Waals surface area contributed by atoms with E-state index in [2.05, 4.69) is 4.90 Å². The Kier molecular flexibility index (Phi) is 6.26. The molecule has 0 atom stereocenters. The highest BCUT2D eigenvalue weighted by atomic mass is 16.6. The highest BCUT2D eigenvalue weighted by Gasteiger charge is 2.27. The summed E-state index contributed by atoms with van der Waals surface area (Å²) in [5.74, 6) is 0.765. The standard InChI is InChI=1S/C21H25N3O4/c1-16(25)23(20-4-3-5-21(14-20)28-2)18-10-12-22(13-11-18)15-17-6-8-19(9-7-17)24(26)27/h3-9,14,18H,10-13,15H2,1-2H3. The fraction of sp³-hybridized carbons (Fsp3) is 0.381. The molecule has 1 amide bonds. The largest absolute Gasteiger partial charge is 0.497 e. The molecule has 0 bridgehead atoms. The third-order valence-corrected chi connectivity index (χ3v) is 5.15. The van der Waals surface area contributed by atoms with Gasteiger partial charge in [0.2, 0.25) is 5.91 Å². The van der Waals surface area contributed by atoms with Crippen molar-refractivity contribution in [3.8, 4) is 5.75 Å². The zero-order valence-corrected chi connectivity index (χ0v) is 16.2. The Balaban J connectivity index is 1.62. The van der Waals surface area contributed by atoms with E-state index in [4.69, 9.17) is 4.74 Å². The van der Waals surface area contributed by atoms with Crippen LogP contribution in [0.3, 0.4) is 0 Å². The molecule has 7 nitrogen and oxygen atoms in total. The minimum Gasteiger partial charge on any atom is -0.497 e. The van der Waals surface area contributed by atoms with Gasteiger partial charge in [-0.3, -0.25) is 19.8 Å². The normalized spacial score (nSPS) is 15.2. The van der Waals surface area contributed by atoms with Gasteiger partial charge in [-0.15, -0.1) is 0 Å². The molecule has 1 heterocycles. The molecule has 3 rings (SSSR count). The Labute approximate surface area is 164 Å². The first-order chi connectivity index (χ1) is 13.5. The highest BCUT2D eigenvalue weighted by Crippen LogP contribution is 2.27.